The van der Waals surface area contributed by atoms with E-state index >= 15 is 0 Å². The van der Waals surface area contributed by atoms with Crippen molar-refractivity contribution in [3.63, 3.8) is 0 Å². The van der Waals surface area contributed by atoms with E-state index in [4.69, 9.17) is 10.5 Å². The second-order valence-electron chi connectivity index (χ2n) is 8.39. The van der Waals surface area contributed by atoms with E-state index in [1.807, 2.05) is 19.9 Å². The first-order valence-electron chi connectivity index (χ1n) is 10.9. The second-order valence-corrected chi connectivity index (χ2v) is 8.39. The Labute approximate surface area is 174 Å². The molecule has 1 aliphatic heterocycles. The minimum Gasteiger partial charge on any atom is -0.396 e. The monoisotopic (exact) mass is 404 g/mol. The molecule has 2 fully saturated rings. The zero-order valence-electron chi connectivity index (χ0n) is 17.7. The summed E-state index contributed by atoms with van der Waals surface area (Å²) in [5.74, 6) is 1.15. The predicted molar refractivity (Wildman–Crippen MR) is 117 cm³/mol. The van der Waals surface area contributed by atoms with Gasteiger partial charge >= 0.3 is 0 Å². The van der Waals surface area contributed by atoms with E-state index in [0.29, 0.717) is 11.7 Å². The number of hydrogen-bond acceptors (Lipinski definition) is 7. The number of nitrogens with two attached hydrogens (primary N) is 1. The van der Waals surface area contributed by atoms with Crippen LogP contribution in [0.25, 0.3) is 0 Å². The minimum absolute atomic E-state index is 0.127. The maximum Gasteiger partial charge on any atom is 0.223 e. The van der Waals surface area contributed by atoms with Crippen LogP contribution in [-0.4, -0.2) is 67.3 Å². The van der Waals surface area contributed by atoms with Crippen LogP contribution in [0.4, 0.5) is 17.2 Å². The highest BCUT2D eigenvalue weighted by Crippen LogP contribution is 2.29. The molecule has 5 N–H and O–H groups in total. The lowest BCUT2D eigenvalue weighted by Crippen LogP contribution is -2.39. The van der Waals surface area contributed by atoms with E-state index in [-0.39, 0.29) is 17.9 Å². The van der Waals surface area contributed by atoms with E-state index in [0.717, 1.165) is 76.6 Å². The van der Waals surface area contributed by atoms with Gasteiger partial charge in [0.15, 0.2) is 0 Å². The fourth-order valence-corrected chi connectivity index (χ4v) is 3.98. The summed E-state index contributed by atoms with van der Waals surface area (Å²) in [6.07, 6.45) is 5.47. The largest absolute Gasteiger partial charge is 0.396 e. The Kier molecular flexibility index (Phi) is 7.94. The Morgan fingerprint density at radius 2 is 2.00 bits per heavy atom. The summed E-state index contributed by atoms with van der Waals surface area (Å²) in [6.45, 7) is 9.43. The van der Waals surface area contributed by atoms with Crippen LogP contribution in [0.3, 0.4) is 0 Å². The van der Waals surface area contributed by atoms with E-state index in [1.165, 1.54) is 0 Å². The number of nitrogens with one attached hydrogen (secondary N) is 3. The van der Waals surface area contributed by atoms with Gasteiger partial charge in [-0.3, -0.25) is 9.69 Å². The lowest BCUT2D eigenvalue weighted by atomic mass is 9.85. The smallest absolute Gasteiger partial charge is 0.223 e. The maximum absolute atomic E-state index is 12.2. The summed E-state index contributed by atoms with van der Waals surface area (Å²) < 4.78 is 5.38. The first-order valence-corrected chi connectivity index (χ1v) is 10.9. The van der Waals surface area contributed by atoms with E-state index in [9.17, 15) is 4.79 Å². The molecule has 0 bridgehead atoms. The number of carbonyl (C=O) groups is 1. The molecule has 1 saturated carbocycles. The molecular weight excluding hydrogens is 368 g/mol. The third-order valence-corrected chi connectivity index (χ3v) is 5.66. The molecule has 0 radical (unpaired) electrons. The third-order valence-electron chi connectivity index (χ3n) is 5.66. The molecule has 1 amide bonds. The van der Waals surface area contributed by atoms with Crippen molar-refractivity contribution in [3.8, 4) is 0 Å². The Morgan fingerprint density at radius 3 is 2.69 bits per heavy atom. The molecule has 1 aromatic rings. The van der Waals surface area contributed by atoms with Crippen molar-refractivity contribution in [2.75, 3.05) is 55.8 Å². The lowest BCUT2D eigenvalue weighted by Gasteiger charge is -2.30. The lowest BCUT2D eigenvalue weighted by molar-refractivity contribution is -0.126. The van der Waals surface area contributed by atoms with Crippen LogP contribution in [0.15, 0.2) is 12.3 Å². The summed E-state index contributed by atoms with van der Waals surface area (Å²) in [5.41, 5.74) is 7.72. The molecule has 8 heteroatoms. The molecule has 8 nitrogen and oxygen atoms in total. The summed E-state index contributed by atoms with van der Waals surface area (Å²) in [4.78, 5) is 19.0. The van der Waals surface area contributed by atoms with Crippen molar-refractivity contribution in [2.24, 2.45) is 5.92 Å². The molecule has 2 heterocycles. The molecule has 1 saturated heterocycles. The van der Waals surface area contributed by atoms with Crippen LogP contribution < -0.4 is 21.7 Å². The molecule has 162 valence electrons. The molecule has 1 aromatic heterocycles. The van der Waals surface area contributed by atoms with Crippen LogP contribution >= 0.6 is 0 Å². The quantitative estimate of drug-likeness (QED) is 0.524. The molecule has 0 aromatic carbocycles. The number of aromatic nitrogens is 1. The third kappa shape index (κ3) is 6.75. The summed E-state index contributed by atoms with van der Waals surface area (Å²) >= 11 is 0. The molecule has 0 spiro atoms. The van der Waals surface area contributed by atoms with Gasteiger partial charge in [-0.05, 0) is 39.5 Å². The van der Waals surface area contributed by atoms with Crippen molar-refractivity contribution in [2.45, 2.75) is 51.6 Å². The van der Waals surface area contributed by atoms with Gasteiger partial charge in [0, 0.05) is 50.2 Å². The molecule has 3 rings (SSSR count). The van der Waals surface area contributed by atoms with Gasteiger partial charge in [0.05, 0.1) is 30.8 Å². The van der Waals surface area contributed by atoms with Gasteiger partial charge in [0.1, 0.15) is 5.82 Å². The van der Waals surface area contributed by atoms with Gasteiger partial charge in [0.2, 0.25) is 5.91 Å². The van der Waals surface area contributed by atoms with Gasteiger partial charge in [-0.25, -0.2) is 4.98 Å². The average Bonchev–Trinajstić information content (AvgIpc) is 2.71. The first kappa shape index (κ1) is 21.6. The first-order chi connectivity index (χ1) is 14.0. The second kappa shape index (κ2) is 10.6. The molecule has 1 aliphatic carbocycles. The standard InChI is InChI=1S/C21H36N6O2/c1-15(2)25-21(28)16-3-5-17(6-4-16)26-19-13-20(24-14-18(19)22)23-7-8-27-9-11-29-12-10-27/h13-17H,3-12,22H2,1-2H3,(H,25,28)(H2,23,24,26). The average molecular weight is 405 g/mol. The van der Waals surface area contributed by atoms with Crippen LogP contribution in [0, 0.1) is 5.92 Å². The number of hydrogen-bond donors (Lipinski definition) is 4. The number of nitrogens with zero attached hydrogens (tertiary/aromatic N) is 2. The van der Waals surface area contributed by atoms with Gasteiger partial charge in [-0.15, -0.1) is 0 Å². The predicted octanol–water partition coefficient (Wildman–Crippen LogP) is 1.90. The zero-order chi connectivity index (χ0) is 20.6. The summed E-state index contributed by atoms with van der Waals surface area (Å²) in [7, 11) is 0. The Balaban J connectivity index is 1.45. The van der Waals surface area contributed by atoms with E-state index in [2.05, 4.69) is 25.8 Å². The van der Waals surface area contributed by atoms with Crippen molar-refractivity contribution in [3.05, 3.63) is 12.3 Å². The summed E-state index contributed by atoms with van der Waals surface area (Å²) in [5, 5.41) is 9.99. The number of amides is 1. The molecule has 29 heavy (non-hydrogen) atoms. The Morgan fingerprint density at radius 1 is 1.28 bits per heavy atom. The van der Waals surface area contributed by atoms with Crippen LogP contribution in [0.2, 0.25) is 0 Å². The molecular formula is C21H36N6O2. The highest BCUT2D eigenvalue weighted by Gasteiger charge is 2.26. The number of anilines is 3. The van der Waals surface area contributed by atoms with Crippen molar-refractivity contribution in [1.82, 2.24) is 15.2 Å². The van der Waals surface area contributed by atoms with Crippen LogP contribution in [0.5, 0.6) is 0 Å². The van der Waals surface area contributed by atoms with Crippen LogP contribution in [-0.2, 0) is 9.53 Å². The maximum atomic E-state index is 12.2. The Bertz CT molecular complexity index is 655. The fraction of sp³-hybridized carbons (Fsp3) is 0.714. The SMILES string of the molecule is CC(C)NC(=O)C1CCC(Nc2cc(NCCN3CCOCC3)ncc2N)CC1. The van der Waals surface area contributed by atoms with Crippen molar-refractivity contribution >= 4 is 23.1 Å². The van der Waals surface area contributed by atoms with Gasteiger partial charge in [-0.1, -0.05) is 0 Å². The normalized spacial score (nSPS) is 23.0. The Hall–Kier alpha value is -2.06. The zero-order valence-corrected chi connectivity index (χ0v) is 17.7. The molecule has 0 atom stereocenters. The minimum atomic E-state index is 0.127. The van der Waals surface area contributed by atoms with Gasteiger partial charge in [0.25, 0.3) is 0 Å². The molecule has 0 unspecified atom stereocenters. The number of pyridine rings is 1. The van der Waals surface area contributed by atoms with Crippen molar-refractivity contribution in [1.29, 1.82) is 0 Å². The van der Waals surface area contributed by atoms with Crippen LogP contribution in [0.1, 0.15) is 39.5 Å². The topological polar surface area (TPSA) is 105 Å². The highest BCUT2D eigenvalue weighted by molar-refractivity contribution is 5.79. The number of nitrogen functional groups attached to an aromatic ring is 1. The number of morpholine rings is 1. The number of carbonyl (C=O) groups excluding carboxylic acids is 1. The van der Waals surface area contributed by atoms with E-state index < -0.39 is 0 Å². The summed E-state index contributed by atoms with van der Waals surface area (Å²) in [6, 6.07) is 2.53. The fourth-order valence-electron chi connectivity index (χ4n) is 3.98. The van der Waals surface area contributed by atoms with Crippen molar-refractivity contribution < 1.29 is 9.53 Å². The highest BCUT2D eigenvalue weighted by atomic mass is 16.5. The van der Waals surface area contributed by atoms with E-state index in [1.54, 1.807) is 6.20 Å². The number of ether oxygens (including phenoxy) is 1. The van der Waals surface area contributed by atoms with Gasteiger partial charge < -0.3 is 26.4 Å². The number of rotatable bonds is 8. The molecule has 2 aliphatic rings. The van der Waals surface area contributed by atoms with Gasteiger partial charge in [-0.2, -0.15) is 0 Å².